The van der Waals surface area contributed by atoms with Gasteiger partial charge in [-0.1, -0.05) is 117 Å². The maximum absolute atomic E-state index is 12.3. The van der Waals surface area contributed by atoms with Gasteiger partial charge in [-0.05, 0) is 45.4 Å². The highest BCUT2D eigenvalue weighted by Gasteiger charge is 2.42. The van der Waals surface area contributed by atoms with Crippen LogP contribution in [0.25, 0.3) is 0 Å². The van der Waals surface area contributed by atoms with Crippen molar-refractivity contribution in [3.8, 4) is 0 Å². The van der Waals surface area contributed by atoms with Crippen LogP contribution in [0.15, 0.2) is 12.2 Å². The molecule has 4 nitrogen and oxygen atoms in total. The predicted octanol–water partition coefficient (Wildman–Crippen LogP) is 8.59. The fraction of sp³-hybridized carbons (Fsp3) is 0.900. The van der Waals surface area contributed by atoms with E-state index in [1.54, 1.807) is 6.92 Å². The van der Waals surface area contributed by atoms with Crippen LogP contribution in [0, 0.1) is 5.41 Å². The van der Waals surface area contributed by atoms with E-state index in [4.69, 9.17) is 5.73 Å². The lowest BCUT2D eigenvalue weighted by atomic mass is 9.74. The van der Waals surface area contributed by atoms with Crippen LogP contribution < -0.4 is 11.1 Å². The van der Waals surface area contributed by atoms with Crippen molar-refractivity contribution >= 4 is 18.3 Å². The molecule has 0 aromatic heterocycles. The maximum Gasteiger partial charge on any atom is 0.220 e. The van der Waals surface area contributed by atoms with Gasteiger partial charge in [-0.3, -0.25) is 4.79 Å². The van der Waals surface area contributed by atoms with Gasteiger partial charge in [-0.25, -0.2) is 0 Å². The van der Waals surface area contributed by atoms with Crippen molar-refractivity contribution in [1.82, 2.24) is 5.32 Å². The molecule has 0 radical (unpaired) electrons. The largest absolute Gasteiger partial charge is 0.376 e. The van der Waals surface area contributed by atoms with E-state index in [1.165, 1.54) is 96.3 Å². The summed E-state index contributed by atoms with van der Waals surface area (Å²) >= 11 is 0. The van der Waals surface area contributed by atoms with Crippen molar-refractivity contribution in [3.05, 3.63) is 12.2 Å². The minimum atomic E-state index is -1.33. The number of aliphatic hydroxyl groups is 1. The average molecular weight is 517 g/mol. The Hall–Kier alpha value is -0.580. The molecule has 35 heavy (non-hydrogen) atoms. The fourth-order valence-corrected chi connectivity index (χ4v) is 4.48. The van der Waals surface area contributed by atoms with E-state index < -0.39 is 11.1 Å². The third kappa shape index (κ3) is 19.2. The van der Waals surface area contributed by atoms with Gasteiger partial charge in [0.15, 0.2) is 0 Å². The van der Waals surface area contributed by atoms with E-state index in [0.717, 1.165) is 19.3 Å². The van der Waals surface area contributed by atoms with E-state index in [1.807, 2.05) is 20.8 Å². The molecular formula is C30H61ClN2O2. The van der Waals surface area contributed by atoms with Gasteiger partial charge in [-0.2, -0.15) is 0 Å². The molecule has 0 bridgehead atoms. The number of rotatable bonds is 23. The summed E-state index contributed by atoms with van der Waals surface area (Å²) in [6.45, 7) is 9.73. The van der Waals surface area contributed by atoms with Crippen LogP contribution in [-0.2, 0) is 4.79 Å². The molecule has 0 saturated heterocycles. The van der Waals surface area contributed by atoms with Gasteiger partial charge in [0.25, 0.3) is 0 Å². The molecule has 0 fully saturated rings. The van der Waals surface area contributed by atoms with Gasteiger partial charge in [0.2, 0.25) is 5.91 Å². The fourth-order valence-electron chi connectivity index (χ4n) is 4.48. The topological polar surface area (TPSA) is 75.4 Å². The molecule has 210 valence electrons. The Kier molecular flexibility index (Phi) is 23.6. The van der Waals surface area contributed by atoms with E-state index >= 15 is 0 Å². The van der Waals surface area contributed by atoms with E-state index in [2.05, 4.69) is 24.4 Å². The quantitative estimate of drug-likeness (QED) is 0.0722. The normalized spacial score (nSPS) is 14.5. The summed E-state index contributed by atoms with van der Waals surface area (Å²) < 4.78 is 0. The van der Waals surface area contributed by atoms with E-state index in [0.29, 0.717) is 6.42 Å². The molecule has 0 aromatic carbocycles. The molecule has 0 aliphatic rings. The highest BCUT2D eigenvalue weighted by atomic mass is 35.5. The van der Waals surface area contributed by atoms with Gasteiger partial charge in [0, 0.05) is 17.9 Å². The zero-order valence-corrected chi connectivity index (χ0v) is 24.8. The molecule has 4 N–H and O–H groups in total. The number of halogens is 1. The first-order valence-electron chi connectivity index (χ1n) is 14.6. The number of allylic oxidation sites excluding steroid dienone is 2. The van der Waals surface area contributed by atoms with Gasteiger partial charge >= 0.3 is 0 Å². The molecule has 1 amide bonds. The van der Waals surface area contributed by atoms with Gasteiger partial charge < -0.3 is 16.2 Å². The summed E-state index contributed by atoms with van der Waals surface area (Å²) in [5.74, 6) is 0.0743. The summed E-state index contributed by atoms with van der Waals surface area (Å²) in [7, 11) is 0. The lowest BCUT2D eigenvalue weighted by molar-refractivity contribution is -0.125. The van der Waals surface area contributed by atoms with Crippen molar-refractivity contribution in [2.75, 3.05) is 0 Å². The SMILES string of the molecule is CCCCCCCC/C=C\CCCCCCCCCCCC(=O)NC(CC)C(C)(C)C(C)(N)O.Cl. The minimum absolute atomic E-state index is 0. The summed E-state index contributed by atoms with van der Waals surface area (Å²) in [5, 5.41) is 13.3. The summed E-state index contributed by atoms with van der Waals surface area (Å²) in [6.07, 6.45) is 28.2. The Labute approximate surface area is 225 Å². The van der Waals surface area contributed by atoms with Crippen LogP contribution in [0.3, 0.4) is 0 Å². The van der Waals surface area contributed by atoms with Crippen LogP contribution in [0.1, 0.15) is 157 Å². The van der Waals surface area contributed by atoms with Crippen molar-refractivity contribution in [1.29, 1.82) is 0 Å². The molecule has 2 atom stereocenters. The molecule has 0 aliphatic carbocycles. The van der Waals surface area contributed by atoms with Crippen molar-refractivity contribution in [3.63, 3.8) is 0 Å². The van der Waals surface area contributed by atoms with Crippen LogP contribution in [0.2, 0.25) is 0 Å². The van der Waals surface area contributed by atoms with Crippen molar-refractivity contribution < 1.29 is 9.90 Å². The Morgan fingerprint density at radius 2 is 1.17 bits per heavy atom. The number of carbonyl (C=O) groups excluding carboxylic acids is 1. The van der Waals surface area contributed by atoms with Gasteiger partial charge in [-0.15, -0.1) is 12.4 Å². The molecule has 0 heterocycles. The number of nitrogens with two attached hydrogens (primary N) is 1. The zero-order valence-electron chi connectivity index (χ0n) is 24.0. The average Bonchev–Trinajstić information content (AvgIpc) is 2.78. The monoisotopic (exact) mass is 516 g/mol. The second-order valence-corrected chi connectivity index (χ2v) is 11.1. The first-order chi connectivity index (χ1) is 16.2. The second kappa shape index (κ2) is 22.6. The zero-order chi connectivity index (χ0) is 25.7. The number of unbranched alkanes of at least 4 members (excludes halogenated alkanes) is 15. The first kappa shape index (κ1) is 36.6. The van der Waals surface area contributed by atoms with Crippen molar-refractivity contribution in [2.45, 2.75) is 168 Å². The predicted molar refractivity (Wildman–Crippen MR) is 156 cm³/mol. The Bertz CT molecular complexity index is 515. The first-order valence-corrected chi connectivity index (χ1v) is 14.6. The summed E-state index contributed by atoms with van der Waals surface area (Å²) in [5.41, 5.74) is 4.01. The molecule has 0 saturated carbocycles. The number of nitrogens with one attached hydrogen (secondary N) is 1. The third-order valence-corrected chi connectivity index (χ3v) is 7.58. The molecule has 5 heteroatoms. The number of amides is 1. The molecule has 0 aliphatic heterocycles. The van der Waals surface area contributed by atoms with E-state index in [9.17, 15) is 9.90 Å². The second-order valence-electron chi connectivity index (χ2n) is 11.1. The number of hydrogen-bond donors (Lipinski definition) is 3. The number of carbonyl (C=O) groups is 1. The lowest BCUT2D eigenvalue weighted by Crippen LogP contribution is -2.60. The molecule has 0 spiro atoms. The molecular weight excluding hydrogens is 456 g/mol. The smallest absolute Gasteiger partial charge is 0.220 e. The maximum atomic E-state index is 12.3. The Morgan fingerprint density at radius 3 is 1.57 bits per heavy atom. The Morgan fingerprint density at radius 1 is 0.771 bits per heavy atom. The van der Waals surface area contributed by atoms with Crippen LogP contribution in [0.4, 0.5) is 0 Å². The van der Waals surface area contributed by atoms with Crippen LogP contribution in [-0.4, -0.2) is 22.8 Å². The van der Waals surface area contributed by atoms with E-state index in [-0.39, 0.29) is 24.4 Å². The molecule has 0 rings (SSSR count). The standard InChI is InChI=1S/C30H60N2O2.ClH/c1-6-8-9-10-11-12-13-14-15-16-17-18-19-20-21-22-23-24-25-26-28(33)32-27(7-2)29(3,4)30(5,31)34;/h14-15,27,34H,6-13,16-26,31H2,1-5H3,(H,32,33);1H/b15-14-;. The summed E-state index contributed by atoms with van der Waals surface area (Å²) in [4.78, 5) is 12.3. The highest BCUT2D eigenvalue weighted by molar-refractivity contribution is 5.85. The van der Waals surface area contributed by atoms with Gasteiger partial charge in [0.1, 0.15) is 5.72 Å². The highest BCUT2D eigenvalue weighted by Crippen LogP contribution is 2.32. The van der Waals surface area contributed by atoms with Crippen molar-refractivity contribution in [2.24, 2.45) is 11.1 Å². The Balaban J connectivity index is 0. The van der Waals surface area contributed by atoms with Crippen LogP contribution in [0.5, 0.6) is 0 Å². The minimum Gasteiger partial charge on any atom is -0.376 e. The van der Waals surface area contributed by atoms with Crippen LogP contribution >= 0.6 is 12.4 Å². The van der Waals surface area contributed by atoms with Gasteiger partial charge in [0.05, 0.1) is 0 Å². The third-order valence-electron chi connectivity index (χ3n) is 7.58. The molecule has 0 aromatic rings. The molecule has 2 unspecified atom stereocenters. The lowest BCUT2D eigenvalue weighted by Gasteiger charge is -2.43. The summed E-state index contributed by atoms with van der Waals surface area (Å²) in [6, 6.07) is -0.129. The number of hydrogen-bond acceptors (Lipinski definition) is 3.